The third-order valence-electron chi connectivity index (χ3n) is 2.71. The average Bonchev–Trinajstić information content (AvgIpc) is 2.39. The van der Waals surface area contributed by atoms with Crippen molar-refractivity contribution < 1.29 is 4.79 Å². The molecule has 2 aromatic heterocycles. The molecule has 1 amide bonds. The highest BCUT2D eigenvalue weighted by molar-refractivity contribution is 6.04. The largest absolute Gasteiger partial charge is 0.321 e. The Hall–Kier alpha value is -2.23. The minimum absolute atomic E-state index is 0.0788. The lowest BCUT2D eigenvalue weighted by Crippen LogP contribution is -2.17. The molecule has 0 saturated heterocycles. The molecular formula is C15H17N3O. The van der Waals surface area contributed by atoms with Gasteiger partial charge in [0.25, 0.3) is 5.91 Å². The molecule has 0 aromatic carbocycles. The average molecular weight is 255 g/mol. The molecule has 0 fully saturated rings. The van der Waals surface area contributed by atoms with Crippen LogP contribution in [0.15, 0.2) is 42.9 Å². The van der Waals surface area contributed by atoms with Crippen LogP contribution >= 0.6 is 0 Å². The standard InChI is InChI=1S/C15H17N3O/c1-15(2,3)13-9-11(6-8-17-13)14(19)18-12-5-4-7-16-10-12/h4-10H,1-3H3,(H,18,19). The van der Waals surface area contributed by atoms with Crippen LogP contribution in [0.1, 0.15) is 36.8 Å². The zero-order chi connectivity index (χ0) is 13.9. The van der Waals surface area contributed by atoms with E-state index in [1.165, 1.54) is 0 Å². The van der Waals surface area contributed by atoms with Gasteiger partial charge in [-0.25, -0.2) is 0 Å². The lowest BCUT2D eigenvalue weighted by atomic mass is 9.91. The summed E-state index contributed by atoms with van der Waals surface area (Å²) in [6.07, 6.45) is 4.95. The van der Waals surface area contributed by atoms with Gasteiger partial charge in [-0.15, -0.1) is 0 Å². The second kappa shape index (κ2) is 5.18. The fourth-order valence-corrected chi connectivity index (χ4v) is 1.62. The molecule has 0 radical (unpaired) electrons. The van der Waals surface area contributed by atoms with Gasteiger partial charge in [0.1, 0.15) is 0 Å². The van der Waals surface area contributed by atoms with Crippen molar-refractivity contribution in [1.82, 2.24) is 9.97 Å². The molecule has 4 nitrogen and oxygen atoms in total. The highest BCUT2D eigenvalue weighted by Crippen LogP contribution is 2.20. The van der Waals surface area contributed by atoms with E-state index in [0.717, 1.165) is 5.69 Å². The maximum atomic E-state index is 12.1. The Labute approximate surface area is 112 Å². The first-order chi connectivity index (χ1) is 8.97. The number of carbonyl (C=O) groups is 1. The fraction of sp³-hybridized carbons (Fsp3) is 0.267. The molecule has 0 aliphatic heterocycles. The summed E-state index contributed by atoms with van der Waals surface area (Å²) in [6, 6.07) is 7.12. The molecule has 0 aliphatic rings. The maximum absolute atomic E-state index is 12.1. The molecule has 0 aliphatic carbocycles. The fourth-order valence-electron chi connectivity index (χ4n) is 1.62. The number of nitrogens with one attached hydrogen (secondary N) is 1. The van der Waals surface area contributed by atoms with E-state index in [4.69, 9.17) is 0 Å². The maximum Gasteiger partial charge on any atom is 0.255 e. The summed E-state index contributed by atoms with van der Waals surface area (Å²) in [6.45, 7) is 6.20. The molecular weight excluding hydrogens is 238 g/mol. The molecule has 0 spiro atoms. The molecule has 2 aromatic rings. The molecule has 0 atom stereocenters. The summed E-state index contributed by atoms with van der Waals surface area (Å²) in [5, 5.41) is 2.81. The summed E-state index contributed by atoms with van der Waals surface area (Å²) in [7, 11) is 0. The highest BCUT2D eigenvalue weighted by atomic mass is 16.1. The number of rotatable bonds is 2. The predicted molar refractivity (Wildman–Crippen MR) is 75.1 cm³/mol. The van der Waals surface area contributed by atoms with Crippen LogP contribution in [0.2, 0.25) is 0 Å². The normalized spacial score (nSPS) is 11.1. The molecule has 2 heterocycles. The van der Waals surface area contributed by atoms with Crippen LogP contribution < -0.4 is 5.32 Å². The third kappa shape index (κ3) is 3.37. The predicted octanol–water partition coefficient (Wildman–Crippen LogP) is 3.03. The quantitative estimate of drug-likeness (QED) is 0.897. The summed E-state index contributed by atoms with van der Waals surface area (Å²) < 4.78 is 0. The zero-order valence-electron chi connectivity index (χ0n) is 11.3. The second-order valence-corrected chi connectivity index (χ2v) is 5.38. The smallest absolute Gasteiger partial charge is 0.255 e. The van der Waals surface area contributed by atoms with E-state index in [1.807, 2.05) is 6.07 Å². The molecule has 0 unspecified atom stereocenters. The Balaban J connectivity index is 2.20. The van der Waals surface area contributed by atoms with Gasteiger partial charge in [0.2, 0.25) is 0 Å². The van der Waals surface area contributed by atoms with Crippen molar-refractivity contribution in [3.8, 4) is 0 Å². The van der Waals surface area contributed by atoms with Crippen LogP contribution in [-0.2, 0) is 5.41 Å². The van der Waals surface area contributed by atoms with Gasteiger partial charge < -0.3 is 5.32 Å². The van der Waals surface area contributed by atoms with E-state index in [9.17, 15) is 4.79 Å². The Morgan fingerprint density at radius 3 is 2.63 bits per heavy atom. The molecule has 98 valence electrons. The Morgan fingerprint density at radius 1 is 1.21 bits per heavy atom. The van der Waals surface area contributed by atoms with E-state index < -0.39 is 0 Å². The van der Waals surface area contributed by atoms with Crippen molar-refractivity contribution in [3.63, 3.8) is 0 Å². The Bertz CT molecular complexity index is 573. The number of hydrogen-bond acceptors (Lipinski definition) is 3. The minimum atomic E-state index is -0.152. The summed E-state index contributed by atoms with van der Waals surface area (Å²) in [4.78, 5) is 20.4. The number of carbonyl (C=O) groups excluding carboxylic acids is 1. The van der Waals surface area contributed by atoms with Crippen LogP contribution in [0.25, 0.3) is 0 Å². The monoisotopic (exact) mass is 255 g/mol. The number of aromatic nitrogens is 2. The van der Waals surface area contributed by atoms with Gasteiger partial charge in [-0.1, -0.05) is 20.8 Å². The molecule has 0 bridgehead atoms. The van der Waals surface area contributed by atoms with Crippen molar-refractivity contribution in [3.05, 3.63) is 54.1 Å². The van der Waals surface area contributed by atoms with Crippen molar-refractivity contribution >= 4 is 11.6 Å². The van der Waals surface area contributed by atoms with Crippen LogP contribution in [-0.4, -0.2) is 15.9 Å². The number of pyridine rings is 2. The first-order valence-electron chi connectivity index (χ1n) is 6.15. The molecule has 19 heavy (non-hydrogen) atoms. The number of anilines is 1. The molecule has 4 heteroatoms. The third-order valence-corrected chi connectivity index (χ3v) is 2.71. The minimum Gasteiger partial charge on any atom is -0.321 e. The van der Waals surface area contributed by atoms with Crippen LogP contribution in [0, 0.1) is 0 Å². The van der Waals surface area contributed by atoms with E-state index in [2.05, 4.69) is 36.1 Å². The van der Waals surface area contributed by atoms with E-state index in [1.54, 1.807) is 36.8 Å². The van der Waals surface area contributed by atoms with Crippen LogP contribution in [0.3, 0.4) is 0 Å². The van der Waals surface area contributed by atoms with Gasteiger partial charge in [0, 0.05) is 29.1 Å². The van der Waals surface area contributed by atoms with E-state index in [0.29, 0.717) is 11.3 Å². The first kappa shape index (κ1) is 13.2. The Kier molecular flexibility index (Phi) is 3.60. The summed E-state index contributed by atoms with van der Waals surface area (Å²) in [5.41, 5.74) is 2.10. The summed E-state index contributed by atoms with van der Waals surface area (Å²) in [5.74, 6) is -0.152. The number of nitrogens with zero attached hydrogens (tertiary/aromatic N) is 2. The molecule has 0 saturated carbocycles. The van der Waals surface area contributed by atoms with Gasteiger partial charge >= 0.3 is 0 Å². The van der Waals surface area contributed by atoms with Crippen LogP contribution in [0.5, 0.6) is 0 Å². The Morgan fingerprint density at radius 2 is 2.00 bits per heavy atom. The van der Waals surface area contributed by atoms with Crippen molar-refractivity contribution in [2.75, 3.05) is 5.32 Å². The van der Waals surface area contributed by atoms with Crippen molar-refractivity contribution in [1.29, 1.82) is 0 Å². The highest BCUT2D eigenvalue weighted by Gasteiger charge is 2.17. The lowest BCUT2D eigenvalue weighted by Gasteiger charge is -2.18. The topological polar surface area (TPSA) is 54.9 Å². The molecule has 1 N–H and O–H groups in total. The number of amides is 1. The first-order valence-corrected chi connectivity index (χ1v) is 6.15. The lowest BCUT2D eigenvalue weighted by molar-refractivity contribution is 0.102. The van der Waals surface area contributed by atoms with Gasteiger partial charge in [-0.2, -0.15) is 0 Å². The van der Waals surface area contributed by atoms with Gasteiger partial charge in [0.15, 0.2) is 0 Å². The number of hydrogen-bond donors (Lipinski definition) is 1. The van der Waals surface area contributed by atoms with E-state index in [-0.39, 0.29) is 11.3 Å². The van der Waals surface area contributed by atoms with Gasteiger partial charge in [-0.3, -0.25) is 14.8 Å². The van der Waals surface area contributed by atoms with Gasteiger partial charge in [-0.05, 0) is 24.3 Å². The van der Waals surface area contributed by atoms with Crippen LogP contribution in [0.4, 0.5) is 5.69 Å². The van der Waals surface area contributed by atoms with E-state index >= 15 is 0 Å². The van der Waals surface area contributed by atoms with Crippen molar-refractivity contribution in [2.45, 2.75) is 26.2 Å². The second-order valence-electron chi connectivity index (χ2n) is 5.38. The molecule has 2 rings (SSSR count). The SMILES string of the molecule is CC(C)(C)c1cc(C(=O)Nc2cccnc2)ccn1. The van der Waals surface area contributed by atoms with Crippen molar-refractivity contribution in [2.24, 2.45) is 0 Å². The zero-order valence-corrected chi connectivity index (χ0v) is 11.3. The summed E-state index contributed by atoms with van der Waals surface area (Å²) >= 11 is 0. The van der Waals surface area contributed by atoms with Gasteiger partial charge in [0.05, 0.1) is 11.9 Å².